The van der Waals surface area contributed by atoms with Crippen LogP contribution in [0, 0.1) is 0 Å². The van der Waals surface area contributed by atoms with Crippen molar-refractivity contribution in [3.8, 4) is 0 Å². The molecule has 0 fully saturated rings. The van der Waals surface area contributed by atoms with Crippen LogP contribution >= 0.6 is 24.2 Å². The minimum Gasteiger partial charge on any atom is -0.367 e. The molecule has 0 atom stereocenters. The van der Waals surface area contributed by atoms with E-state index in [1.54, 1.807) is 0 Å². The highest BCUT2D eigenvalue weighted by atomic mass is 35.5. The quantitative estimate of drug-likeness (QED) is 0.236. The van der Waals surface area contributed by atoms with Crippen molar-refractivity contribution in [1.82, 2.24) is 4.90 Å². The van der Waals surface area contributed by atoms with E-state index < -0.39 is 0 Å². The molecular formula is C21H42ClNS. The summed E-state index contributed by atoms with van der Waals surface area (Å²) in [5.74, 6) is 1.18. The molecule has 0 aromatic carbocycles. The van der Waals surface area contributed by atoms with Crippen molar-refractivity contribution in [3.05, 3.63) is 11.6 Å². The van der Waals surface area contributed by atoms with Crippen LogP contribution in [0.15, 0.2) is 11.6 Å². The summed E-state index contributed by atoms with van der Waals surface area (Å²) in [6.07, 6.45) is 25.5. The van der Waals surface area contributed by atoms with Gasteiger partial charge in [-0.05, 0) is 11.8 Å². The van der Waals surface area contributed by atoms with Crippen LogP contribution in [0.1, 0.15) is 110 Å². The van der Waals surface area contributed by atoms with E-state index in [0.29, 0.717) is 0 Å². The van der Waals surface area contributed by atoms with Crippen molar-refractivity contribution < 1.29 is 0 Å². The predicted octanol–water partition coefficient (Wildman–Crippen LogP) is 8.15. The molecule has 1 rings (SSSR count). The van der Waals surface area contributed by atoms with E-state index in [2.05, 4.69) is 23.4 Å². The van der Waals surface area contributed by atoms with Gasteiger partial charge in [0.05, 0.1) is 5.88 Å². The largest absolute Gasteiger partial charge is 0.367 e. The molecule has 24 heavy (non-hydrogen) atoms. The Labute approximate surface area is 162 Å². The first-order valence-corrected chi connectivity index (χ1v) is 11.5. The average Bonchev–Trinajstić information content (AvgIpc) is 3.08. The fraction of sp³-hybridized carbons (Fsp3) is 0.905. The fourth-order valence-corrected chi connectivity index (χ4v) is 4.06. The molecule has 0 saturated heterocycles. The normalized spacial score (nSPS) is 13.5. The Kier molecular flexibility index (Phi) is 19.7. The summed E-state index contributed by atoms with van der Waals surface area (Å²) in [6, 6.07) is 0. The van der Waals surface area contributed by atoms with Crippen LogP contribution in [0.2, 0.25) is 0 Å². The van der Waals surface area contributed by atoms with E-state index in [9.17, 15) is 0 Å². The zero-order valence-electron chi connectivity index (χ0n) is 16.1. The Morgan fingerprint density at radius 3 is 1.46 bits per heavy atom. The van der Waals surface area contributed by atoms with Gasteiger partial charge in [0.1, 0.15) is 0 Å². The van der Waals surface area contributed by atoms with E-state index in [4.69, 9.17) is 0 Å². The Bertz CT molecular complexity index is 271. The van der Waals surface area contributed by atoms with E-state index >= 15 is 0 Å². The lowest BCUT2D eigenvalue weighted by Crippen LogP contribution is -2.14. The second-order valence-corrected chi connectivity index (χ2v) is 8.06. The monoisotopic (exact) mass is 375 g/mol. The Hall–Kier alpha value is 0.180. The molecule has 1 aliphatic heterocycles. The molecule has 0 unspecified atom stereocenters. The van der Waals surface area contributed by atoms with Crippen LogP contribution in [-0.4, -0.2) is 17.3 Å². The van der Waals surface area contributed by atoms with Crippen molar-refractivity contribution >= 4 is 24.2 Å². The number of halogens is 1. The van der Waals surface area contributed by atoms with Gasteiger partial charge in [-0.2, -0.15) is 0 Å². The number of nitrogens with zero attached hydrogens (tertiary/aromatic N) is 1. The molecule has 0 aliphatic carbocycles. The maximum Gasteiger partial charge on any atom is 0.0675 e. The maximum absolute atomic E-state index is 2.44. The van der Waals surface area contributed by atoms with Gasteiger partial charge in [-0.25, -0.2) is 0 Å². The summed E-state index contributed by atoms with van der Waals surface area (Å²) in [5.41, 5.74) is 0. The molecule has 0 aromatic rings. The minimum absolute atomic E-state index is 0. The molecule has 1 nitrogen and oxygen atoms in total. The van der Waals surface area contributed by atoms with Crippen LogP contribution in [0.4, 0.5) is 0 Å². The van der Waals surface area contributed by atoms with Crippen LogP contribution in [-0.2, 0) is 0 Å². The molecule has 1 aliphatic rings. The molecule has 0 amide bonds. The predicted molar refractivity (Wildman–Crippen MR) is 115 cm³/mol. The second kappa shape index (κ2) is 19.5. The summed E-state index contributed by atoms with van der Waals surface area (Å²) in [4.78, 5) is 2.44. The first kappa shape index (κ1) is 24.2. The fourth-order valence-electron chi connectivity index (χ4n) is 3.31. The number of hydrogen-bond acceptors (Lipinski definition) is 2. The van der Waals surface area contributed by atoms with Crippen LogP contribution in [0.3, 0.4) is 0 Å². The van der Waals surface area contributed by atoms with E-state index in [-0.39, 0.29) is 12.4 Å². The van der Waals surface area contributed by atoms with Crippen LogP contribution in [0.25, 0.3) is 0 Å². The van der Waals surface area contributed by atoms with Crippen molar-refractivity contribution in [2.45, 2.75) is 110 Å². The molecular weight excluding hydrogens is 334 g/mol. The molecule has 1 heterocycles. The third-order valence-electron chi connectivity index (χ3n) is 4.91. The average molecular weight is 376 g/mol. The summed E-state index contributed by atoms with van der Waals surface area (Å²) in [7, 11) is 0. The van der Waals surface area contributed by atoms with Gasteiger partial charge in [-0.1, -0.05) is 103 Å². The van der Waals surface area contributed by atoms with Gasteiger partial charge in [-0.3, -0.25) is 0 Å². The van der Waals surface area contributed by atoms with Crippen LogP contribution in [0.5, 0.6) is 0 Å². The van der Waals surface area contributed by atoms with E-state index in [0.717, 1.165) is 0 Å². The Balaban J connectivity index is 0.00000529. The molecule has 0 aromatic heterocycles. The highest BCUT2D eigenvalue weighted by Gasteiger charge is 2.03. The SMILES string of the molecule is CCCCCCCCCCCCCCCCCCN1C=CSC1.Cl. The Morgan fingerprint density at radius 1 is 0.667 bits per heavy atom. The molecule has 0 radical (unpaired) electrons. The second-order valence-electron chi connectivity index (χ2n) is 7.20. The standard InChI is InChI=1S/C21H41NS.ClH/c1-2-3-4-5-6-7-8-9-10-11-12-13-14-15-16-17-18-22-19-20-23-21-22;/h19-20H,2-18,21H2,1H3;1H. The van der Waals surface area contributed by atoms with Gasteiger partial charge < -0.3 is 4.90 Å². The molecule has 0 N–H and O–H groups in total. The summed E-state index contributed by atoms with van der Waals surface area (Å²) >= 11 is 1.92. The first-order chi connectivity index (χ1) is 11.4. The lowest BCUT2D eigenvalue weighted by molar-refractivity contribution is 0.420. The van der Waals surface area contributed by atoms with Gasteiger partial charge >= 0.3 is 0 Å². The maximum atomic E-state index is 2.44. The summed E-state index contributed by atoms with van der Waals surface area (Å²) in [5, 5.41) is 2.21. The van der Waals surface area contributed by atoms with Gasteiger partial charge in [0.2, 0.25) is 0 Å². The van der Waals surface area contributed by atoms with Crippen molar-refractivity contribution in [2.24, 2.45) is 0 Å². The van der Waals surface area contributed by atoms with E-state index in [1.165, 1.54) is 115 Å². The van der Waals surface area contributed by atoms with Crippen molar-refractivity contribution in [2.75, 3.05) is 12.4 Å². The number of hydrogen-bond donors (Lipinski definition) is 0. The topological polar surface area (TPSA) is 3.24 Å². The van der Waals surface area contributed by atoms with Crippen LogP contribution < -0.4 is 0 Å². The Morgan fingerprint density at radius 2 is 1.08 bits per heavy atom. The van der Waals surface area contributed by atoms with Gasteiger partial charge in [-0.15, -0.1) is 24.2 Å². The summed E-state index contributed by atoms with van der Waals surface area (Å²) < 4.78 is 0. The minimum atomic E-state index is 0. The zero-order chi connectivity index (χ0) is 16.4. The number of thioether (sulfide) groups is 1. The third-order valence-corrected chi connectivity index (χ3v) is 5.70. The lowest BCUT2D eigenvalue weighted by atomic mass is 10.0. The summed E-state index contributed by atoms with van der Waals surface area (Å²) in [6.45, 7) is 3.56. The highest BCUT2D eigenvalue weighted by Crippen LogP contribution is 2.16. The first-order valence-electron chi connectivity index (χ1n) is 10.5. The highest BCUT2D eigenvalue weighted by molar-refractivity contribution is 8.02. The number of rotatable bonds is 17. The smallest absolute Gasteiger partial charge is 0.0675 e. The number of unbranched alkanes of at least 4 members (excludes halogenated alkanes) is 15. The van der Waals surface area contributed by atoms with Gasteiger partial charge in [0.15, 0.2) is 0 Å². The van der Waals surface area contributed by atoms with Crippen molar-refractivity contribution in [1.29, 1.82) is 0 Å². The molecule has 0 spiro atoms. The van der Waals surface area contributed by atoms with Gasteiger partial charge in [0.25, 0.3) is 0 Å². The molecule has 0 bridgehead atoms. The van der Waals surface area contributed by atoms with E-state index in [1.807, 2.05) is 11.8 Å². The molecule has 0 saturated carbocycles. The zero-order valence-corrected chi connectivity index (χ0v) is 17.8. The third kappa shape index (κ3) is 15.7. The van der Waals surface area contributed by atoms with Gasteiger partial charge in [0, 0.05) is 12.7 Å². The van der Waals surface area contributed by atoms with Crippen molar-refractivity contribution in [3.63, 3.8) is 0 Å². The lowest BCUT2D eigenvalue weighted by Gasteiger charge is -2.13. The molecule has 3 heteroatoms. The molecule has 144 valence electrons.